The summed E-state index contributed by atoms with van der Waals surface area (Å²) in [4.78, 5) is 12.2. The maximum Gasteiger partial charge on any atom is 0.251 e. The quantitative estimate of drug-likeness (QED) is 0.892. The number of carbonyl (C=O) groups excluding carboxylic acids is 1. The van der Waals surface area contributed by atoms with E-state index in [0.29, 0.717) is 6.54 Å². The van der Waals surface area contributed by atoms with E-state index in [1.807, 2.05) is 31.4 Å². The molecule has 20 heavy (non-hydrogen) atoms. The van der Waals surface area contributed by atoms with E-state index in [1.54, 1.807) is 10.9 Å². The highest BCUT2D eigenvalue weighted by Crippen LogP contribution is 2.22. The first kappa shape index (κ1) is 12.7. The molecule has 0 unspecified atom stereocenters. The Labute approximate surface area is 118 Å². The van der Waals surface area contributed by atoms with Crippen LogP contribution in [-0.2, 0) is 20.0 Å². The number of nitrogens with zero attached hydrogens (tertiary/aromatic N) is 2. The van der Waals surface area contributed by atoms with Crippen molar-refractivity contribution < 1.29 is 4.79 Å². The Hall–Kier alpha value is -2.30. The number of amides is 1. The normalized spacial score (nSPS) is 13.4. The molecule has 3 rings (SSSR count). The van der Waals surface area contributed by atoms with Crippen LogP contribution in [0.5, 0.6) is 0 Å². The Morgan fingerprint density at radius 2 is 2.40 bits per heavy atom. The molecule has 104 valence electrons. The molecule has 1 amide bonds. The number of fused-ring (bicyclic) bond motifs is 1. The average Bonchev–Trinajstić information content (AvgIpc) is 2.90. The lowest BCUT2D eigenvalue weighted by Crippen LogP contribution is -2.23. The fourth-order valence-electron chi connectivity index (χ4n) is 2.46. The van der Waals surface area contributed by atoms with E-state index < -0.39 is 0 Å². The Morgan fingerprint density at radius 3 is 3.20 bits per heavy atom. The van der Waals surface area contributed by atoms with Gasteiger partial charge in [-0.05, 0) is 36.6 Å². The Kier molecular flexibility index (Phi) is 3.41. The molecule has 0 bridgehead atoms. The summed E-state index contributed by atoms with van der Waals surface area (Å²) in [6.45, 7) is 1.52. The van der Waals surface area contributed by atoms with Crippen LogP contribution in [0.2, 0.25) is 0 Å². The van der Waals surface area contributed by atoms with E-state index >= 15 is 0 Å². The van der Waals surface area contributed by atoms with Crippen molar-refractivity contribution in [3.8, 4) is 0 Å². The molecule has 0 atom stereocenters. The van der Waals surface area contributed by atoms with Crippen LogP contribution < -0.4 is 10.6 Å². The molecule has 0 saturated heterocycles. The number of nitrogens with one attached hydrogen (secondary N) is 2. The van der Waals surface area contributed by atoms with Crippen molar-refractivity contribution in [1.29, 1.82) is 0 Å². The lowest BCUT2D eigenvalue weighted by molar-refractivity contribution is 0.0951. The largest absolute Gasteiger partial charge is 0.385 e. The standard InChI is InChI=1S/C15H18N4O/c1-19-10-11(9-18-19)8-17-15(20)13-4-5-14-12(7-13)3-2-6-16-14/h4-5,7,9-10,16H,2-3,6,8H2,1H3,(H,17,20). The van der Waals surface area contributed by atoms with Crippen molar-refractivity contribution in [1.82, 2.24) is 15.1 Å². The minimum atomic E-state index is -0.0396. The summed E-state index contributed by atoms with van der Waals surface area (Å²) in [5, 5.41) is 10.4. The first-order chi connectivity index (χ1) is 9.72. The van der Waals surface area contributed by atoms with E-state index in [-0.39, 0.29) is 5.91 Å². The van der Waals surface area contributed by atoms with Crippen LogP contribution in [0.25, 0.3) is 0 Å². The van der Waals surface area contributed by atoms with Crippen LogP contribution in [0.1, 0.15) is 27.9 Å². The van der Waals surface area contributed by atoms with Crippen molar-refractivity contribution in [2.24, 2.45) is 7.05 Å². The molecule has 1 aliphatic rings. The summed E-state index contributed by atoms with van der Waals surface area (Å²) in [6.07, 6.45) is 5.81. The Morgan fingerprint density at radius 1 is 1.50 bits per heavy atom. The second-order valence-corrected chi connectivity index (χ2v) is 5.11. The van der Waals surface area contributed by atoms with Crippen molar-refractivity contribution in [3.63, 3.8) is 0 Å². The van der Waals surface area contributed by atoms with Gasteiger partial charge in [-0.2, -0.15) is 5.10 Å². The van der Waals surface area contributed by atoms with Crippen LogP contribution in [0.4, 0.5) is 5.69 Å². The highest BCUT2D eigenvalue weighted by atomic mass is 16.1. The number of aryl methyl sites for hydroxylation is 2. The fourth-order valence-corrected chi connectivity index (χ4v) is 2.46. The summed E-state index contributed by atoms with van der Waals surface area (Å²) < 4.78 is 1.73. The zero-order valence-electron chi connectivity index (χ0n) is 11.5. The molecular weight excluding hydrogens is 252 g/mol. The van der Waals surface area contributed by atoms with Gasteiger partial charge in [0.15, 0.2) is 0 Å². The molecule has 1 aromatic carbocycles. The molecule has 0 fully saturated rings. The highest BCUT2D eigenvalue weighted by molar-refractivity contribution is 5.94. The molecule has 2 heterocycles. The van der Waals surface area contributed by atoms with E-state index in [0.717, 1.165) is 36.2 Å². The van der Waals surface area contributed by atoms with Gasteiger partial charge in [0, 0.05) is 43.1 Å². The topological polar surface area (TPSA) is 59.0 Å². The summed E-state index contributed by atoms with van der Waals surface area (Å²) in [6, 6.07) is 5.85. The Bertz CT molecular complexity index is 633. The second-order valence-electron chi connectivity index (χ2n) is 5.11. The SMILES string of the molecule is Cn1cc(CNC(=O)c2ccc3c(c2)CCCN3)cn1. The number of anilines is 1. The van der Waals surface area contributed by atoms with E-state index in [4.69, 9.17) is 0 Å². The zero-order valence-corrected chi connectivity index (χ0v) is 11.5. The van der Waals surface area contributed by atoms with Crippen LogP contribution in [0.15, 0.2) is 30.6 Å². The molecule has 0 radical (unpaired) electrons. The van der Waals surface area contributed by atoms with E-state index in [9.17, 15) is 4.79 Å². The van der Waals surface area contributed by atoms with Crippen molar-refractivity contribution >= 4 is 11.6 Å². The summed E-state index contributed by atoms with van der Waals surface area (Å²) in [5.41, 5.74) is 4.10. The van der Waals surface area contributed by atoms with Gasteiger partial charge in [0.25, 0.3) is 5.91 Å². The number of hydrogen-bond donors (Lipinski definition) is 2. The van der Waals surface area contributed by atoms with E-state index in [2.05, 4.69) is 15.7 Å². The average molecular weight is 270 g/mol. The molecule has 0 aliphatic carbocycles. The summed E-state index contributed by atoms with van der Waals surface area (Å²) in [7, 11) is 1.86. The number of hydrogen-bond acceptors (Lipinski definition) is 3. The van der Waals surface area contributed by atoms with Crippen molar-refractivity contribution in [2.45, 2.75) is 19.4 Å². The lowest BCUT2D eigenvalue weighted by atomic mass is 10.0. The molecule has 1 aromatic heterocycles. The Balaban J connectivity index is 1.67. The molecule has 2 aromatic rings. The van der Waals surface area contributed by atoms with Gasteiger partial charge in [-0.1, -0.05) is 0 Å². The predicted molar refractivity (Wildman–Crippen MR) is 77.6 cm³/mol. The molecule has 1 aliphatic heterocycles. The van der Waals surface area contributed by atoms with Crippen LogP contribution in [0.3, 0.4) is 0 Å². The second kappa shape index (κ2) is 5.36. The van der Waals surface area contributed by atoms with Gasteiger partial charge in [0.1, 0.15) is 0 Å². The van der Waals surface area contributed by atoms with Gasteiger partial charge in [-0.25, -0.2) is 0 Å². The minimum Gasteiger partial charge on any atom is -0.385 e. The third kappa shape index (κ3) is 2.66. The maximum atomic E-state index is 12.2. The van der Waals surface area contributed by atoms with Gasteiger partial charge >= 0.3 is 0 Å². The lowest BCUT2D eigenvalue weighted by Gasteiger charge is -2.18. The highest BCUT2D eigenvalue weighted by Gasteiger charge is 2.12. The molecule has 5 nitrogen and oxygen atoms in total. The van der Waals surface area contributed by atoms with Crippen LogP contribution in [0, 0.1) is 0 Å². The third-order valence-electron chi connectivity index (χ3n) is 3.52. The number of benzene rings is 1. The summed E-state index contributed by atoms with van der Waals surface area (Å²) >= 11 is 0. The minimum absolute atomic E-state index is 0.0396. The molecule has 0 saturated carbocycles. The van der Waals surface area contributed by atoms with Crippen molar-refractivity contribution in [3.05, 3.63) is 47.3 Å². The van der Waals surface area contributed by atoms with Gasteiger partial charge < -0.3 is 10.6 Å². The maximum absolute atomic E-state index is 12.2. The van der Waals surface area contributed by atoms with Gasteiger partial charge in [-0.3, -0.25) is 9.48 Å². The first-order valence-corrected chi connectivity index (χ1v) is 6.85. The monoisotopic (exact) mass is 270 g/mol. The molecular formula is C15H18N4O. The van der Waals surface area contributed by atoms with Crippen molar-refractivity contribution in [2.75, 3.05) is 11.9 Å². The van der Waals surface area contributed by atoms with Gasteiger partial charge in [-0.15, -0.1) is 0 Å². The van der Waals surface area contributed by atoms with Gasteiger partial charge in [0.05, 0.1) is 6.20 Å². The third-order valence-corrected chi connectivity index (χ3v) is 3.52. The van der Waals surface area contributed by atoms with Crippen LogP contribution in [-0.4, -0.2) is 22.2 Å². The first-order valence-electron chi connectivity index (χ1n) is 6.85. The number of rotatable bonds is 3. The number of carbonyl (C=O) groups is 1. The molecule has 5 heteroatoms. The van der Waals surface area contributed by atoms with Gasteiger partial charge in [0.2, 0.25) is 0 Å². The number of aromatic nitrogens is 2. The van der Waals surface area contributed by atoms with Crippen LogP contribution >= 0.6 is 0 Å². The fraction of sp³-hybridized carbons (Fsp3) is 0.333. The summed E-state index contributed by atoms with van der Waals surface area (Å²) in [5.74, 6) is -0.0396. The molecule has 2 N–H and O–H groups in total. The predicted octanol–water partition coefficient (Wildman–Crippen LogP) is 1.71. The molecule has 0 spiro atoms. The zero-order chi connectivity index (χ0) is 13.9. The smallest absolute Gasteiger partial charge is 0.251 e. The van der Waals surface area contributed by atoms with E-state index in [1.165, 1.54) is 5.56 Å².